The summed E-state index contributed by atoms with van der Waals surface area (Å²) in [6, 6.07) is 7.11. The van der Waals surface area contributed by atoms with Crippen LogP contribution in [0.3, 0.4) is 0 Å². The molecule has 0 amide bonds. The fraction of sp³-hybridized carbons (Fsp3) is 0.263. The molecule has 0 spiro atoms. The van der Waals surface area contributed by atoms with Crippen molar-refractivity contribution in [3.05, 3.63) is 53.3 Å². The number of carboxylic acids is 1. The molecule has 0 aliphatic carbocycles. The molecule has 0 unspecified atom stereocenters. The van der Waals surface area contributed by atoms with Crippen molar-refractivity contribution < 1.29 is 28.9 Å². The van der Waals surface area contributed by atoms with Gasteiger partial charge in [0.2, 0.25) is 0 Å². The highest BCUT2D eigenvalue weighted by atomic mass is 19.1. The van der Waals surface area contributed by atoms with Crippen LogP contribution in [-0.4, -0.2) is 41.8 Å². The molecule has 2 aromatic carbocycles. The van der Waals surface area contributed by atoms with Crippen molar-refractivity contribution in [1.29, 1.82) is 5.41 Å². The Balaban J connectivity index is 2.37. The number of rotatable bonds is 10. The van der Waals surface area contributed by atoms with E-state index in [0.717, 1.165) is 6.07 Å². The quantitative estimate of drug-likeness (QED) is 0.309. The summed E-state index contributed by atoms with van der Waals surface area (Å²) in [4.78, 5) is 11.8. The van der Waals surface area contributed by atoms with E-state index in [4.69, 9.17) is 25.7 Å². The van der Waals surface area contributed by atoms with Crippen LogP contribution in [0.25, 0.3) is 0 Å². The molecule has 0 aliphatic heterocycles. The third kappa shape index (κ3) is 5.10. The first-order valence-corrected chi connectivity index (χ1v) is 8.51. The number of aliphatic hydroxyl groups is 1. The number of anilines is 1. The first-order valence-electron chi connectivity index (χ1n) is 8.51. The highest BCUT2D eigenvalue weighted by Crippen LogP contribution is 2.34. The summed E-state index contributed by atoms with van der Waals surface area (Å²) in [6.45, 7) is 1.67. The summed E-state index contributed by atoms with van der Waals surface area (Å²) in [6.07, 6.45) is 0. The Morgan fingerprint density at radius 2 is 1.89 bits per heavy atom. The molecule has 0 saturated carbocycles. The Kier molecular flexibility index (Phi) is 7.16. The topological polar surface area (TPSA) is 138 Å². The van der Waals surface area contributed by atoms with E-state index in [-0.39, 0.29) is 42.7 Å². The Labute approximate surface area is 161 Å². The molecule has 9 heteroatoms. The summed E-state index contributed by atoms with van der Waals surface area (Å²) < 4.78 is 25.3. The van der Waals surface area contributed by atoms with Gasteiger partial charge in [0.1, 0.15) is 18.3 Å². The van der Waals surface area contributed by atoms with Crippen molar-refractivity contribution in [2.75, 3.05) is 25.1 Å². The second-order valence-corrected chi connectivity index (χ2v) is 5.73. The molecular formula is C19H22FN3O5. The first kappa shape index (κ1) is 21.0. The zero-order valence-electron chi connectivity index (χ0n) is 15.2. The first-order chi connectivity index (χ1) is 13.4. The van der Waals surface area contributed by atoms with Crippen LogP contribution in [0.1, 0.15) is 24.1 Å². The lowest BCUT2D eigenvalue weighted by Crippen LogP contribution is -2.22. The number of benzene rings is 2. The fourth-order valence-corrected chi connectivity index (χ4v) is 2.49. The normalized spacial score (nSPS) is 11.5. The lowest BCUT2D eigenvalue weighted by molar-refractivity contribution is -0.138. The fourth-order valence-electron chi connectivity index (χ4n) is 2.49. The maximum atomic E-state index is 14.6. The van der Waals surface area contributed by atoms with Gasteiger partial charge in [0.15, 0.2) is 17.5 Å². The predicted octanol–water partition coefficient (Wildman–Crippen LogP) is 2.12. The smallest absolute Gasteiger partial charge is 0.330 e. The van der Waals surface area contributed by atoms with Crippen LogP contribution < -0.4 is 20.5 Å². The molecule has 6 N–H and O–H groups in total. The number of aliphatic carboxylic acids is 1. The van der Waals surface area contributed by atoms with E-state index >= 15 is 0 Å². The van der Waals surface area contributed by atoms with Crippen molar-refractivity contribution in [2.45, 2.75) is 13.0 Å². The summed E-state index contributed by atoms with van der Waals surface area (Å²) in [5, 5.41) is 28.6. The number of nitrogen functional groups attached to an aromatic ring is 1. The molecule has 0 aliphatic rings. The van der Waals surface area contributed by atoms with Gasteiger partial charge in [-0.05, 0) is 37.3 Å². The average Bonchev–Trinajstić information content (AvgIpc) is 2.66. The lowest BCUT2D eigenvalue weighted by atomic mass is 10.0. The van der Waals surface area contributed by atoms with Crippen LogP contribution in [0.5, 0.6) is 11.5 Å². The van der Waals surface area contributed by atoms with Gasteiger partial charge in [-0.15, -0.1) is 0 Å². The van der Waals surface area contributed by atoms with Gasteiger partial charge in [-0.3, -0.25) is 5.41 Å². The Bertz CT molecular complexity index is 842. The Hall–Kier alpha value is -3.33. The highest BCUT2D eigenvalue weighted by Gasteiger charge is 2.26. The number of hydrogen-bond acceptors (Lipinski definition) is 6. The Morgan fingerprint density at radius 1 is 1.25 bits per heavy atom. The molecule has 1 atom stereocenters. The van der Waals surface area contributed by atoms with Gasteiger partial charge in [0.05, 0.1) is 13.2 Å². The average molecular weight is 391 g/mol. The largest absolute Gasteiger partial charge is 0.490 e. The van der Waals surface area contributed by atoms with E-state index in [9.17, 15) is 14.3 Å². The van der Waals surface area contributed by atoms with Gasteiger partial charge < -0.3 is 30.7 Å². The van der Waals surface area contributed by atoms with Crippen molar-refractivity contribution >= 4 is 17.5 Å². The minimum absolute atomic E-state index is 0.0536. The van der Waals surface area contributed by atoms with Crippen LogP contribution in [-0.2, 0) is 4.79 Å². The van der Waals surface area contributed by atoms with Gasteiger partial charge in [-0.1, -0.05) is 0 Å². The van der Waals surface area contributed by atoms with E-state index in [1.54, 1.807) is 31.2 Å². The van der Waals surface area contributed by atoms with Gasteiger partial charge in [-0.2, -0.15) is 0 Å². The molecule has 150 valence electrons. The third-order valence-corrected chi connectivity index (χ3v) is 3.78. The summed E-state index contributed by atoms with van der Waals surface area (Å²) in [5.74, 6) is -1.95. The molecule has 28 heavy (non-hydrogen) atoms. The highest BCUT2D eigenvalue weighted by molar-refractivity contribution is 5.95. The molecule has 0 bridgehead atoms. The van der Waals surface area contributed by atoms with Crippen molar-refractivity contribution in [3.63, 3.8) is 0 Å². The number of halogens is 1. The molecule has 2 aromatic rings. The lowest BCUT2D eigenvalue weighted by Gasteiger charge is -2.19. The number of amidine groups is 1. The summed E-state index contributed by atoms with van der Waals surface area (Å²) in [7, 11) is 0. The molecule has 0 aromatic heterocycles. The molecule has 0 radical (unpaired) electrons. The predicted molar refractivity (Wildman–Crippen MR) is 102 cm³/mol. The number of hydrogen-bond donors (Lipinski definition) is 5. The number of carboxylic acid groups (broad SMARTS) is 1. The number of carbonyl (C=O) groups is 1. The van der Waals surface area contributed by atoms with E-state index < -0.39 is 17.8 Å². The zero-order chi connectivity index (χ0) is 20.7. The maximum absolute atomic E-state index is 14.6. The maximum Gasteiger partial charge on any atom is 0.330 e. The number of nitrogens with one attached hydrogen (secondary N) is 2. The van der Waals surface area contributed by atoms with Crippen LogP contribution in [0, 0.1) is 11.2 Å². The van der Waals surface area contributed by atoms with Gasteiger partial charge in [-0.25, -0.2) is 9.18 Å². The van der Waals surface area contributed by atoms with Gasteiger partial charge in [0.25, 0.3) is 0 Å². The minimum atomic E-state index is -1.39. The van der Waals surface area contributed by atoms with Gasteiger partial charge in [0, 0.05) is 22.9 Å². The molecule has 0 saturated heterocycles. The van der Waals surface area contributed by atoms with Crippen molar-refractivity contribution in [1.82, 2.24) is 0 Å². The molecule has 0 fully saturated rings. The zero-order valence-corrected chi connectivity index (χ0v) is 15.2. The van der Waals surface area contributed by atoms with Crippen molar-refractivity contribution in [3.8, 4) is 11.5 Å². The number of nitrogens with two attached hydrogens (primary N) is 1. The molecular weight excluding hydrogens is 369 g/mol. The number of ether oxygens (including phenoxy) is 2. The third-order valence-electron chi connectivity index (χ3n) is 3.78. The van der Waals surface area contributed by atoms with Crippen molar-refractivity contribution in [2.24, 2.45) is 5.73 Å². The van der Waals surface area contributed by atoms with Crippen LogP contribution in [0.15, 0.2) is 36.4 Å². The van der Waals surface area contributed by atoms with E-state index in [0.29, 0.717) is 11.3 Å². The Morgan fingerprint density at radius 3 is 2.43 bits per heavy atom. The van der Waals surface area contributed by atoms with Gasteiger partial charge >= 0.3 is 5.97 Å². The monoisotopic (exact) mass is 391 g/mol. The van der Waals surface area contributed by atoms with Crippen LogP contribution in [0.4, 0.5) is 10.1 Å². The summed E-state index contributed by atoms with van der Waals surface area (Å²) >= 11 is 0. The number of aliphatic hydroxyl groups excluding tert-OH is 1. The standard InChI is InChI=1S/C19H22FN3O5/c1-2-27-15-9-13(14(20)10-16(15)28-8-7-24)17(19(25)26)23-12-5-3-11(4-6-12)18(21)22/h3-6,9-10,17,23-24H,2,7-8H2,1H3,(H3,21,22)(H,25,26)/t17-/m1/s1. The van der Waals surface area contributed by atoms with Crippen LogP contribution >= 0.6 is 0 Å². The summed E-state index contributed by atoms with van der Waals surface area (Å²) in [5.41, 5.74) is 6.15. The molecule has 0 heterocycles. The van der Waals surface area contributed by atoms with Crippen LogP contribution in [0.2, 0.25) is 0 Å². The SMILES string of the molecule is CCOc1cc([C@@H](Nc2ccc(C(=N)N)cc2)C(=O)O)c(F)cc1OCCO. The second kappa shape index (κ2) is 9.56. The minimum Gasteiger partial charge on any atom is -0.490 e. The van der Waals surface area contributed by atoms with E-state index in [1.807, 2.05) is 0 Å². The van der Waals surface area contributed by atoms with E-state index in [2.05, 4.69) is 5.32 Å². The second-order valence-electron chi connectivity index (χ2n) is 5.73. The van der Waals surface area contributed by atoms with E-state index in [1.165, 1.54) is 6.07 Å². The molecule has 2 rings (SSSR count). The molecule has 8 nitrogen and oxygen atoms in total.